The number of rotatable bonds is 1. The zero-order chi connectivity index (χ0) is 14.8. The van der Waals surface area contributed by atoms with Gasteiger partial charge in [-0.05, 0) is 35.1 Å². The number of hydrogen-bond donors (Lipinski definition) is 0. The van der Waals surface area contributed by atoms with Crippen molar-refractivity contribution >= 4 is 37.5 Å². The van der Waals surface area contributed by atoms with E-state index in [0.717, 1.165) is 24.0 Å². The summed E-state index contributed by atoms with van der Waals surface area (Å²) >= 11 is 7.82. The molecular weight excluding hydrogens is 398 g/mol. The van der Waals surface area contributed by atoms with E-state index < -0.39 is 0 Å². The van der Waals surface area contributed by atoms with Crippen LogP contribution in [-0.4, -0.2) is 4.92 Å². The summed E-state index contributed by atoms with van der Waals surface area (Å²) in [4.78, 5) is 10.8. The van der Waals surface area contributed by atoms with Crippen LogP contribution in [0.5, 0.6) is 0 Å². The highest BCUT2D eigenvalue weighted by Crippen LogP contribution is 2.64. The van der Waals surface area contributed by atoms with E-state index in [2.05, 4.69) is 44.0 Å². The van der Waals surface area contributed by atoms with E-state index in [4.69, 9.17) is 0 Å². The van der Waals surface area contributed by atoms with Crippen LogP contribution in [0, 0.1) is 10.1 Å². The van der Waals surface area contributed by atoms with Gasteiger partial charge in [0.05, 0.1) is 13.6 Å². The van der Waals surface area contributed by atoms with Crippen LogP contribution in [0.4, 0.5) is 5.69 Å². The number of nitrogens with zero attached hydrogens (tertiary/aromatic N) is 1. The molecule has 0 saturated heterocycles. The Hall–Kier alpha value is -1.20. The third-order valence-corrected chi connectivity index (χ3v) is 7.16. The predicted octanol–water partition coefficient (Wildman–Crippen LogP) is 4.98. The minimum Gasteiger partial charge on any atom is -0.258 e. The largest absolute Gasteiger partial charge is 0.269 e. The van der Waals surface area contributed by atoms with E-state index in [1.807, 2.05) is 18.2 Å². The molecule has 21 heavy (non-hydrogen) atoms. The van der Waals surface area contributed by atoms with E-state index in [1.165, 1.54) is 11.1 Å². The molecule has 3 aliphatic rings. The molecule has 2 aromatic carbocycles. The molecule has 0 saturated carbocycles. The maximum atomic E-state index is 11.1. The molecule has 0 heterocycles. The van der Waals surface area contributed by atoms with E-state index >= 15 is 0 Å². The summed E-state index contributed by atoms with van der Waals surface area (Å²) in [5.74, 6) is 0. The Morgan fingerprint density at radius 1 is 0.905 bits per heavy atom. The molecule has 0 amide bonds. The fraction of sp³-hybridized carbons (Fsp3) is 0.250. The summed E-state index contributed by atoms with van der Waals surface area (Å²) < 4.78 is -0.552. The Kier molecular flexibility index (Phi) is 2.67. The second-order valence-corrected chi connectivity index (χ2v) is 8.34. The Labute approximate surface area is 138 Å². The van der Waals surface area contributed by atoms with Gasteiger partial charge in [0.1, 0.15) is 0 Å². The third kappa shape index (κ3) is 1.59. The van der Waals surface area contributed by atoms with Gasteiger partial charge in [0.2, 0.25) is 0 Å². The van der Waals surface area contributed by atoms with Gasteiger partial charge in [-0.2, -0.15) is 0 Å². The summed E-state index contributed by atoms with van der Waals surface area (Å²) in [7, 11) is 0. The molecule has 2 atom stereocenters. The minimum absolute atomic E-state index is 0.147. The first kappa shape index (κ1) is 13.5. The quantitative estimate of drug-likeness (QED) is 0.379. The van der Waals surface area contributed by atoms with Crippen molar-refractivity contribution in [2.24, 2.45) is 0 Å². The van der Waals surface area contributed by atoms with Gasteiger partial charge in [-0.15, -0.1) is 0 Å². The molecule has 3 nitrogen and oxygen atoms in total. The second kappa shape index (κ2) is 4.17. The van der Waals surface area contributed by atoms with Gasteiger partial charge in [-0.1, -0.05) is 62.2 Å². The van der Waals surface area contributed by atoms with Gasteiger partial charge in [0.25, 0.3) is 5.69 Å². The maximum Gasteiger partial charge on any atom is 0.269 e. The van der Waals surface area contributed by atoms with Gasteiger partial charge < -0.3 is 0 Å². The number of alkyl halides is 2. The number of hydrogen-bond acceptors (Lipinski definition) is 2. The topological polar surface area (TPSA) is 43.1 Å². The number of non-ortho nitro benzene ring substituents is 1. The lowest BCUT2D eigenvalue weighted by Gasteiger charge is -2.50. The van der Waals surface area contributed by atoms with Crippen molar-refractivity contribution < 1.29 is 4.92 Å². The molecule has 0 aromatic heterocycles. The summed E-state index contributed by atoms with van der Waals surface area (Å²) in [6.07, 6.45) is 1.89. The summed E-state index contributed by atoms with van der Waals surface area (Å²) in [5, 5.41) is 11.1. The van der Waals surface area contributed by atoms with Gasteiger partial charge in [-0.3, -0.25) is 10.1 Å². The lowest BCUT2D eigenvalue weighted by Crippen LogP contribution is -2.43. The molecule has 5 rings (SSSR count). The highest BCUT2D eigenvalue weighted by atomic mass is 79.9. The standard InChI is InChI=1S/C16H11Br2NO2/c17-15-7-8-16(18,12-4-2-1-3-11(12)15)14-9-10(19(20)21)5-6-13(14)15/h1-6,9H,7-8H2/t15-,16+/m1/s1. The highest BCUT2D eigenvalue weighted by molar-refractivity contribution is 9.10. The zero-order valence-electron chi connectivity index (χ0n) is 11.0. The van der Waals surface area contributed by atoms with Crippen LogP contribution in [0.3, 0.4) is 0 Å². The van der Waals surface area contributed by atoms with Crippen molar-refractivity contribution in [2.75, 3.05) is 0 Å². The third-order valence-electron chi connectivity index (χ3n) is 4.66. The number of nitro benzene ring substituents is 1. The fourth-order valence-corrected chi connectivity index (χ4v) is 5.43. The first-order chi connectivity index (χ1) is 9.97. The molecule has 2 bridgehead atoms. The fourth-order valence-electron chi connectivity index (χ4n) is 3.67. The smallest absolute Gasteiger partial charge is 0.258 e. The molecule has 0 unspecified atom stereocenters. The first-order valence-corrected chi connectivity index (χ1v) is 8.33. The van der Waals surface area contributed by atoms with Crippen LogP contribution in [0.1, 0.15) is 35.1 Å². The summed E-state index contributed by atoms with van der Waals surface area (Å²) in [6.45, 7) is 0. The minimum atomic E-state index is -0.328. The molecular formula is C16H11Br2NO2. The van der Waals surface area contributed by atoms with Gasteiger partial charge >= 0.3 is 0 Å². The number of benzene rings is 2. The first-order valence-electron chi connectivity index (χ1n) is 6.74. The summed E-state index contributed by atoms with van der Waals surface area (Å²) in [5.41, 5.74) is 4.76. The number of nitro groups is 1. The normalized spacial score (nSPS) is 28.9. The zero-order valence-corrected chi connectivity index (χ0v) is 14.1. The van der Waals surface area contributed by atoms with Crippen LogP contribution >= 0.6 is 31.9 Å². The van der Waals surface area contributed by atoms with Crippen LogP contribution in [0.15, 0.2) is 42.5 Å². The Bertz CT molecular complexity index is 792. The van der Waals surface area contributed by atoms with Crippen molar-refractivity contribution in [1.82, 2.24) is 0 Å². The predicted molar refractivity (Wildman–Crippen MR) is 88.2 cm³/mol. The molecule has 0 spiro atoms. The molecule has 5 heteroatoms. The van der Waals surface area contributed by atoms with Gasteiger partial charge in [0.15, 0.2) is 0 Å². The van der Waals surface area contributed by atoms with E-state index in [-0.39, 0.29) is 19.3 Å². The van der Waals surface area contributed by atoms with Crippen LogP contribution in [0.25, 0.3) is 0 Å². The van der Waals surface area contributed by atoms with Crippen molar-refractivity contribution in [1.29, 1.82) is 0 Å². The van der Waals surface area contributed by atoms with E-state index in [1.54, 1.807) is 12.1 Å². The van der Waals surface area contributed by atoms with Gasteiger partial charge in [0, 0.05) is 12.1 Å². The Balaban J connectivity index is 2.07. The highest BCUT2D eigenvalue weighted by Gasteiger charge is 2.53. The number of fused-ring (bicyclic) bond motifs is 1. The van der Waals surface area contributed by atoms with Crippen molar-refractivity contribution in [3.8, 4) is 0 Å². The molecule has 2 aromatic rings. The Morgan fingerprint density at radius 3 is 2.00 bits per heavy atom. The van der Waals surface area contributed by atoms with Crippen molar-refractivity contribution in [3.05, 3.63) is 74.8 Å². The molecule has 0 N–H and O–H groups in total. The number of halogens is 2. The second-order valence-electron chi connectivity index (χ2n) is 5.63. The lowest BCUT2D eigenvalue weighted by molar-refractivity contribution is -0.385. The monoisotopic (exact) mass is 407 g/mol. The average molecular weight is 409 g/mol. The summed E-state index contributed by atoms with van der Waals surface area (Å²) in [6, 6.07) is 13.5. The van der Waals surface area contributed by atoms with Crippen LogP contribution in [0.2, 0.25) is 0 Å². The lowest BCUT2D eigenvalue weighted by atomic mass is 9.63. The van der Waals surface area contributed by atoms with Gasteiger partial charge in [-0.25, -0.2) is 0 Å². The molecule has 106 valence electrons. The van der Waals surface area contributed by atoms with Crippen molar-refractivity contribution in [2.45, 2.75) is 21.5 Å². The van der Waals surface area contributed by atoms with Crippen LogP contribution in [-0.2, 0) is 8.65 Å². The van der Waals surface area contributed by atoms with E-state index in [9.17, 15) is 10.1 Å². The average Bonchev–Trinajstić information content (AvgIpc) is 2.50. The SMILES string of the molecule is O=[N+]([O-])c1ccc2c(c1)[C@]1(Br)CC[C@@]2(Br)c2ccccc21. The molecule has 0 radical (unpaired) electrons. The molecule has 0 aliphatic heterocycles. The molecule has 0 fully saturated rings. The Morgan fingerprint density at radius 2 is 1.43 bits per heavy atom. The van der Waals surface area contributed by atoms with Crippen molar-refractivity contribution in [3.63, 3.8) is 0 Å². The molecule has 3 aliphatic carbocycles. The van der Waals surface area contributed by atoms with E-state index in [0.29, 0.717) is 0 Å². The maximum absolute atomic E-state index is 11.1. The van der Waals surface area contributed by atoms with Crippen LogP contribution < -0.4 is 0 Å².